The van der Waals surface area contributed by atoms with Gasteiger partial charge in [0.25, 0.3) is 0 Å². The molecule has 1 unspecified atom stereocenters. The summed E-state index contributed by atoms with van der Waals surface area (Å²) in [5.41, 5.74) is 9.35. The first-order valence-electron chi connectivity index (χ1n) is 11.0. The highest BCUT2D eigenvalue weighted by Crippen LogP contribution is 2.27. The molecule has 0 bridgehead atoms. The lowest BCUT2D eigenvalue weighted by Crippen LogP contribution is -2.46. The van der Waals surface area contributed by atoms with Gasteiger partial charge < -0.3 is 25.8 Å². The van der Waals surface area contributed by atoms with Crippen molar-refractivity contribution >= 4 is 5.96 Å². The summed E-state index contributed by atoms with van der Waals surface area (Å²) in [4.78, 5) is 4.55. The van der Waals surface area contributed by atoms with Crippen LogP contribution in [0, 0.1) is 0 Å². The molecule has 0 spiro atoms. The summed E-state index contributed by atoms with van der Waals surface area (Å²) in [5.74, 6) is 2.81. The first-order valence-corrected chi connectivity index (χ1v) is 11.0. The van der Waals surface area contributed by atoms with Crippen molar-refractivity contribution in [3.05, 3.63) is 46.5 Å². The topological polar surface area (TPSA) is 135 Å². The zero-order valence-corrected chi connectivity index (χ0v) is 19.3. The van der Waals surface area contributed by atoms with Crippen molar-refractivity contribution in [2.24, 2.45) is 10.7 Å². The Morgan fingerprint density at radius 1 is 1.22 bits per heavy atom. The highest BCUT2D eigenvalue weighted by atomic mass is 16.5. The highest BCUT2D eigenvalue weighted by Gasteiger charge is 2.23. The van der Waals surface area contributed by atoms with E-state index in [1.165, 1.54) is 0 Å². The quantitative estimate of drug-likeness (QED) is 0.390. The largest absolute Gasteiger partial charge is 0.496 e. The van der Waals surface area contributed by atoms with Gasteiger partial charge in [-0.2, -0.15) is 5.21 Å². The number of hydrogen-bond acceptors (Lipinski definition) is 9. The van der Waals surface area contributed by atoms with E-state index in [9.17, 15) is 0 Å². The minimum Gasteiger partial charge on any atom is -0.496 e. The molecule has 32 heavy (non-hydrogen) atoms. The van der Waals surface area contributed by atoms with E-state index in [0.717, 1.165) is 47.5 Å². The lowest BCUT2D eigenvalue weighted by atomic mass is 9.95. The van der Waals surface area contributed by atoms with Gasteiger partial charge in [0.2, 0.25) is 0 Å². The van der Waals surface area contributed by atoms with Crippen molar-refractivity contribution in [1.29, 1.82) is 0 Å². The predicted molar refractivity (Wildman–Crippen MR) is 123 cm³/mol. The molecule has 174 valence electrons. The number of guanidine groups is 1. The molecule has 2 atom stereocenters. The lowest BCUT2D eigenvalue weighted by Gasteiger charge is -2.29. The molecule has 0 saturated heterocycles. The molecule has 10 nitrogen and oxygen atoms in total. The Labute approximate surface area is 189 Å². The van der Waals surface area contributed by atoms with Gasteiger partial charge >= 0.3 is 0 Å². The summed E-state index contributed by atoms with van der Waals surface area (Å²) < 4.78 is 11.0. The Hall–Kier alpha value is -3.14. The monoisotopic (exact) mass is 442 g/mol. The number of methoxy groups -OCH3 is 2. The van der Waals surface area contributed by atoms with Crippen LogP contribution >= 0.6 is 0 Å². The Balaban J connectivity index is 1.88. The molecule has 10 heteroatoms. The average Bonchev–Trinajstić information content (AvgIpc) is 3.28. The number of tetrazole rings is 1. The molecule has 1 aliphatic heterocycles. The van der Waals surface area contributed by atoms with Crippen LogP contribution in [0.5, 0.6) is 5.75 Å². The minimum absolute atomic E-state index is 0.0611. The van der Waals surface area contributed by atoms with Gasteiger partial charge in [0.15, 0.2) is 11.8 Å². The molecule has 0 fully saturated rings. The fraction of sp³-hybridized carbons (Fsp3) is 0.545. The second kappa shape index (κ2) is 11.5. The maximum atomic E-state index is 6.07. The number of rotatable bonds is 12. The van der Waals surface area contributed by atoms with E-state index in [1.54, 1.807) is 14.2 Å². The molecule has 3 rings (SSSR count). The van der Waals surface area contributed by atoms with Crippen molar-refractivity contribution in [2.75, 3.05) is 20.8 Å². The molecule has 2 heterocycles. The standard InChI is InChI=1S/C22H34N8O2/c1-5-6-17(9-10-31-3)25-21-18(14(2)24-22(23)26-21)13-16-11-15(7-8-19(16)32-4)12-20-27-29-30-28-20/h7-8,11,14,17,25H,5-6,9-10,12-13H2,1-4H3,(H3,23,24,26)(H,27,28,29,30)/t14?,17-/m0/s1. The second-order valence-corrected chi connectivity index (χ2v) is 7.95. The summed E-state index contributed by atoms with van der Waals surface area (Å²) in [7, 11) is 3.42. The summed E-state index contributed by atoms with van der Waals surface area (Å²) in [6.45, 7) is 4.94. The molecule has 1 aromatic heterocycles. The van der Waals surface area contributed by atoms with Crippen LogP contribution < -0.4 is 21.1 Å². The van der Waals surface area contributed by atoms with Gasteiger partial charge in [0.05, 0.1) is 13.2 Å². The van der Waals surface area contributed by atoms with Crippen molar-refractivity contribution < 1.29 is 9.47 Å². The number of benzene rings is 1. The fourth-order valence-corrected chi connectivity index (χ4v) is 3.93. The first kappa shape index (κ1) is 23.5. The van der Waals surface area contributed by atoms with Gasteiger partial charge in [-0.3, -0.25) is 0 Å². The Kier molecular flexibility index (Phi) is 8.43. The van der Waals surface area contributed by atoms with Crippen LogP contribution in [0.15, 0.2) is 34.6 Å². The van der Waals surface area contributed by atoms with Gasteiger partial charge in [-0.25, -0.2) is 4.99 Å². The summed E-state index contributed by atoms with van der Waals surface area (Å²) in [6, 6.07) is 6.35. The van der Waals surface area contributed by atoms with Gasteiger partial charge in [-0.15, -0.1) is 10.2 Å². The van der Waals surface area contributed by atoms with Crippen LogP contribution in [0.1, 0.15) is 50.1 Å². The maximum Gasteiger partial charge on any atom is 0.194 e. The van der Waals surface area contributed by atoms with Crippen LogP contribution in [0.4, 0.5) is 0 Å². The molecule has 0 aliphatic carbocycles. The molecule has 1 aromatic carbocycles. The summed E-state index contributed by atoms with van der Waals surface area (Å²) in [5, 5.41) is 21.2. The SMILES string of the molecule is CCC[C@@H](CCOC)NC1=C(Cc2cc(Cc3nn[nH]n3)ccc2OC)C(C)N=C(N)N1. The van der Waals surface area contributed by atoms with Crippen molar-refractivity contribution in [2.45, 2.75) is 58.0 Å². The molecule has 0 amide bonds. The Bertz CT molecular complexity index is 926. The number of nitrogens with two attached hydrogens (primary N) is 1. The van der Waals surface area contributed by atoms with Crippen molar-refractivity contribution in [3.63, 3.8) is 0 Å². The van der Waals surface area contributed by atoms with Crippen LogP contribution in [0.3, 0.4) is 0 Å². The van der Waals surface area contributed by atoms with Crippen LogP contribution in [-0.4, -0.2) is 59.5 Å². The number of aromatic nitrogens is 4. The molecular weight excluding hydrogens is 408 g/mol. The zero-order chi connectivity index (χ0) is 22.9. The minimum atomic E-state index is -0.0611. The Morgan fingerprint density at radius 3 is 2.75 bits per heavy atom. The van der Waals surface area contributed by atoms with E-state index in [4.69, 9.17) is 15.2 Å². The van der Waals surface area contributed by atoms with E-state index in [1.807, 2.05) is 12.1 Å². The van der Waals surface area contributed by atoms with Crippen molar-refractivity contribution in [3.8, 4) is 5.75 Å². The van der Waals surface area contributed by atoms with Crippen LogP contribution in [-0.2, 0) is 17.6 Å². The predicted octanol–water partition coefficient (Wildman–Crippen LogP) is 1.65. The number of nitrogens with zero attached hydrogens (tertiary/aromatic N) is 4. The number of H-pyrrole nitrogens is 1. The lowest BCUT2D eigenvalue weighted by molar-refractivity contribution is 0.182. The van der Waals surface area contributed by atoms with Crippen LogP contribution in [0.2, 0.25) is 0 Å². The highest BCUT2D eigenvalue weighted by molar-refractivity contribution is 5.81. The van der Waals surface area contributed by atoms with Crippen molar-refractivity contribution in [1.82, 2.24) is 31.3 Å². The number of ether oxygens (including phenoxy) is 2. The first-order chi connectivity index (χ1) is 15.5. The summed E-state index contributed by atoms with van der Waals surface area (Å²) >= 11 is 0. The average molecular weight is 443 g/mol. The molecule has 2 aromatic rings. The number of aromatic amines is 1. The third-order valence-electron chi connectivity index (χ3n) is 5.54. The van der Waals surface area contributed by atoms with Gasteiger partial charge in [0.1, 0.15) is 11.6 Å². The molecule has 0 saturated carbocycles. The second-order valence-electron chi connectivity index (χ2n) is 7.95. The molecule has 0 radical (unpaired) electrons. The third-order valence-corrected chi connectivity index (χ3v) is 5.54. The Morgan fingerprint density at radius 2 is 2.06 bits per heavy atom. The number of hydrogen-bond donors (Lipinski definition) is 4. The van der Waals surface area contributed by atoms with E-state index in [-0.39, 0.29) is 12.1 Å². The molecule has 5 N–H and O–H groups in total. The van der Waals surface area contributed by atoms with Gasteiger partial charge in [-0.05, 0) is 42.5 Å². The number of aliphatic imine (C=N–C) groups is 1. The van der Waals surface area contributed by atoms with Gasteiger partial charge in [-0.1, -0.05) is 30.7 Å². The normalized spacial score (nSPS) is 17.0. The van der Waals surface area contributed by atoms with Gasteiger partial charge in [0, 0.05) is 32.6 Å². The molecule has 1 aliphatic rings. The summed E-state index contributed by atoms with van der Waals surface area (Å²) in [6.07, 6.45) is 4.29. The zero-order valence-electron chi connectivity index (χ0n) is 19.3. The van der Waals surface area contributed by atoms with E-state index >= 15 is 0 Å². The third kappa shape index (κ3) is 6.19. The van der Waals surface area contributed by atoms with Crippen LogP contribution in [0.25, 0.3) is 0 Å². The molecular formula is C22H34N8O2. The van der Waals surface area contributed by atoms with E-state index < -0.39 is 0 Å². The van der Waals surface area contributed by atoms with E-state index in [0.29, 0.717) is 31.2 Å². The smallest absolute Gasteiger partial charge is 0.194 e. The number of nitrogens with one attached hydrogen (secondary N) is 3. The van der Waals surface area contributed by atoms with E-state index in [2.05, 4.69) is 56.2 Å². The maximum absolute atomic E-state index is 6.07. The fourth-order valence-electron chi connectivity index (χ4n) is 3.93.